The van der Waals surface area contributed by atoms with E-state index in [9.17, 15) is 14.3 Å². The number of aliphatic hydroxyl groups excluding tert-OH is 1. The monoisotopic (exact) mass is 343 g/mol. The Kier molecular flexibility index (Phi) is 5.28. The third kappa shape index (κ3) is 3.96. The molecule has 2 aromatic rings. The lowest BCUT2D eigenvalue weighted by Crippen LogP contribution is -2.41. The number of hydrogen-bond donors (Lipinski definition) is 2. The van der Waals surface area contributed by atoms with Crippen molar-refractivity contribution in [2.75, 3.05) is 18.4 Å². The maximum atomic E-state index is 13.9. The summed E-state index contributed by atoms with van der Waals surface area (Å²) < 4.78 is 13.9. The number of nitrogens with zero attached hydrogens (tertiary/aromatic N) is 2. The topological polar surface area (TPSA) is 65.5 Å². The van der Waals surface area contributed by atoms with Crippen LogP contribution >= 0.6 is 0 Å². The number of aromatic nitrogens is 1. The molecule has 3 rings (SSSR count). The van der Waals surface area contributed by atoms with Gasteiger partial charge in [-0.1, -0.05) is 12.1 Å². The van der Waals surface area contributed by atoms with Crippen LogP contribution in [0.3, 0.4) is 0 Å². The van der Waals surface area contributed by atoms with Crippen molar-refractivity contribution in [1.82, 2.24) is 9.88 Å². The molecular formula is C19H22FN3O2. The summed E-state index contributed by atoms with van der Waals surface area (Å²) in [5, 5.41) is 12.6. The largest absolute Gasteiger partial charge is 0.393 e. The van der Waals surface area contributed by atoms with Crippen LogP contribution in [0.2, 0.25) is 0 Å². The normalized spacial score (nSPS) is 16.5. The van der Waals surface area contributed by atoms with Crippen molar-refractivity contribution < 1.29 is 14.3 Å². The number of pyridine rings is 1. The van der Waals surface area contributed by atoms with E-state index < -0.39 is 5.82 Å². The highest BCUT2D eigenvalue weighted by molar-refractivity contribution is 5.99. The van der Waals surface area contributed by atoms with E-state index in [-0.39, 0.29) is 23.6 Å². The lowest BCUT2D eigenvalue weighted by molar-refractivity contribution is 0.0522. The van der Waals surface area contributed by atoms with Crippen molar-refractivity contribution in [1.29, 1.82) is 0 Å². The number of hydrogen-bond acceptors (Lipinski definition) is 4. The second-order valence-corrected chi connectivity index (χ2v) is 6.37. The van der Waals surface area contributed by atoms with E-state index in [1.807, 2.05) is 0 Å². The summed E-state index contributed by atoms with van der Waals surface area (Å²) in [5.41, 5.74) is 0.698. The van der Waals surface area contributed by atoms with Crippen molar-refractivity contribution in [3.8, 4) is 0 Å². The highest BCUT2D eigenvalue weighted by atomic mass is 19.1. The van der Waals surface area contributed by atoms with Gasteiger partial charge in [0.1, 0.15) is 11.6 Å². The quantitative estimate of drug-likeness (QED) is 0.895. The molecule has 1 aromatic carbocycles. The minimum Gasteiger partial charge on any atom is -0.393 e. The van der Waals surface area contributed by atoms with Crippen molar-refractivity contribution in [2.45, 2.75) is 25.9 Å². The molecule has 1 fully saturated rings. The van der Waals surface area contributed by atoms with Gasteiger partial charge < -0.3 is 15.3 Å². The van der Waals surface area contributed by atoms with Gasteiger partial charge in [-0.05, 0) is 49.9 Å². The summed E-state index contributed by atoms with van der Waals surface area (Å²) in [6, 6.07) is 9.68. The molecule has 1 aliphatic rings. The van der Waals surface area contributed by atoms with E-state index in [1.54, 1.807) is 48.4 Å². The highest BCUT2D eigenvalue weighted by Gasteiger charge is 2.27. The number of benzene rings is 1. The van der Waals surface area contributed by atoms with E-state index in [2.05, 4.69) is 10.3 Å². The van der Waals surface area contributed by atoms with Crippen molar-refractivity contribution in [3.63, 3.8) is 0 Å². The Morgan fingerprint density at radius 1 is 1.28 bits per heavy atom. The number of amides is 1. The molecule has 1 unspecified atom stereocenters. The first-order valence-corrected chi connectivity index (χ1v) is 8.50. The van der Waals surface area contributed by atoms with E-state index >= 15 is 0 Å². The van der Waals surface area contributed by atoms with E-state index in [0.717, 1.165) is 12.8 Å². The number of para-hydroxylation sites is 1. The number of carbonyl (C=O) groups excluding carboxylic acids is 1. The summed E-state index contributed by atoms with van der Waals surface area (Å²) in [6.07, 6.45) is 2.77. The molecule has 2 N–H and O–H groups in total. The molecule has 1 saturated heterocycles. The number of rotatable bonds is 4. The maximum absolute atomic E-state index is 13.9. The minimum atomic E-state index is -0.399. The number of carbonyl (C=O) groups is 1. The standard InChI is InChI=1S/C19H22FN3O2/c1-13(24)14-8-11-23(12-9-14)19(25)15-5-4-10-21-18(15)22-17-7-3-2-6-16(17)20/h2-7,10,13-14,24H,8-9,11-12H2,1H3,(H,21,22). The first-order valence-electron chi connectivity index (χ1n) is 8.50. The fourth-order valence-electron chi connectivity index (χ4n) is 3.12. The predicted octanol–water partition coefficient (Wildman–Crippen LogP) is 3.20. The lowest BCUT2D eigenvalue weighted by Gasteiger charge is -2.33. The third-order valence-corrected chi connectivity index (χ3v) is 4.67. The fraction of sp³-hybridized carbons (Fsp3) is 0.368. The molecule has 1 atom stereocenters. The van der Waals surface area contributed by atoms with Gasteiger partial charge in [0.25, 0.3) is 5.91 Å². The van der Waals surface area contributed by atoms with Crippen LogP contribution < -0.4 is 5.32 Å². The maximum Gasteiger partial charge on any atom is 0.257 e. The average Bonchev–Trinajstić information content (AvgIpc) is 2.63. The summed E-state index contributed by atoms with van der Waals surface area (Å²) in [7, 11) is 0. The molecule has 2 heterocycles. The molecule has 0 radical (unpaired) electrons. The fourth-order valence-corrected chi connectivity index (χ4v) is 3.12. The smallest absolute Gasteiger partial charge is 0.257 e. The summed E-state index contributed by atoms with van der Waals surface area (Å²) in [5.74, 6) is 0.0458. The van der Waals surface area contributed by atoms with E-state index in [0.29, 0.717) is 24.5 Å². The Morgan fingerprint density at radius 3 is 2.68 bits per heavy atom. The predicted molar refractivity (Wildman–Crippen MR) is 94.2 cm³/mol. The molecule has 0 bridgehead atoms. The van der Waals surface area contributed by atoms with Gasteiger partial charge in [0.05, 0.1) is 17.4 Å². The Hall–Kier alpha value is -2.47. The molecule has 1 amide bonds. The van der Waals surface area contributed by atoms with Gasteiger partial charge >= 0.3 is 0 Å². The van der Waals surface area contributed by atoms with Gasteiger partial charge in [0.2, 0.25) is 0 Å². The lowest BCUT2D eigenvalue weighted by atomic mass is 9.92. The van der Waals surface area contributed by atoms with Crippen LogP contribution in [0.5, 0.6) is 0 Å². The second kappa shape index (κ2) is 7.61. The number of piperidine rings is 1. The minimum absolute atomic E-state index is 0.129. The number of likely N-dealkylation sites (tertiary alicyclic amines) is 1. The zero-order valence-corrected chi connectivity index (χ0v) is 14.2. The van der Waals surface area contributed by atoms with Gasteiger partial charge in [-0.25, -0.2) is 9.37 Å². The van der Waals surface area contributed by atoms with Crippen LogP contribution in [0, 0.1) is 11.7 Å². The molecule has 1 aromatic heterocycles. The molecule has 5 nitrogen and oxygen atoms in total. The van der Waals surface area contributed by atoms with Gasteiger partial charge in [0, 0.05) is 19.3 Å². The molecule has 1 aliphatic heterocycles. The summed E-state index contributed by atoms with van der Waals surface area (Å²) in [6.45, 7) is 2.99. The number of nitrogens with one attached hydrogen (secondary N) is 1. The van der Waals surface area contributed by atoms with Crippen molar-refractivity contribution >= 4 is 17.4 Å². The third-order valence-electron chi connectivity index (χ3n) is 4.67. The Morgan fingerprint density at radius 2 is 2.00 bits per heavy atom. The number of anilines is 2. The second-order valence-electron chi connectivity index (χ2n) is 6.37. The Bertz CT molecular complexity index is 743. The van der Waals surface area contributed by atoms with Crippen LogP contribution in [0.25, 0.3) is 0 Å². The highest BCUT2D eigenvalue weighted by Crippen LogP contribution is 2.25. The van der Waals surface area contributed by atoms with Gasteiger partial charge in [-0.2, -0.15) is 0 Å². The molecule has 25 heavy (non-hydrogen) atoms. The average molecular weight is 343 g/mol. The van der Waals surface area contributed by atoms with Crippen LogP contribution in [0.4, 0.5) is 15.9 Å². The van der Waals surface area contributed by atoms with Crippen molar-refractivity contribution in [3.05, 3.63) is 54.0 Å². The Balaban J connectivity index is 1.77. The van der Waals surface area contributed by atoms with Gasteiger partial charge in [-0.15, -0.1) is 0 Å². The van der Waals surface area contributed by atoms with Crippen LogP contribution in [0.15, 0.2) is 42.6 Å². The molecule has 132 valence electrons. The van der Waals surface area contributed by atoms with Crippen LogP contribution in [-0.4, -0.2) is 40.1 Å². The Labute approximate surface area is 146 Å². The molecule has 6 heteroatoms. The first-order chi connectivity index (χ1) is 12.1. The molecule has 0 spiro atoms. The van der Waals surface area contributed by atoms with E-state index in [4.69, 9.17) is 0 Å². The van der Waals surface area contributed by atoms with Gasteiger partial charge in [-0.3, -0.25) is 4.79 Å². The molecule has 0 saturated carbocycles. The molecular weight excluding hydrogens is 321 g/mol. The SMILES string of the molecule is CC(O)C1CCN(C(=O)c2cccnc2Nc2ccccc2F)CC1. The summed E-state index contributed by atoms with van der Waals surface area (Å²) in [4.78, 5) is 18.8. The zero-order chi connectivity index (χ0) is 17.8. The summed E-state index contributed by atoms with van der Waals surface area (Å²) >= 11 is 0. The first kappa shape index (κ1) is 17.4. The van der Waals surface area contributed by atoms with Crippen molar-refractivity contribution in [2.24, 2.45) is 5.92 Å². The number of halogens is 1. The van der Waals surface area contributed by atoms with Gasteiger partial charge in [0.15, 0.2) is 0 Å². The zero-order valence-electron chi connectivity index (χ0n) is 14.2. The number of aliphatic hydroxyl groups is 1. The van der Waals surface area contributed by atoms with E-state index in [1.165, 1.54) is 6.07 Å². The molecule has 0 aliphatic carbocycles. The van der Waals surface area contributed by atoms with Crippen LogP contribution in [0.1, 0.15) is 30.1 Å². The van der Waals surface area contributed by atoms with Crippen LogP contribution in [-0.2, 0) is 0 Å².